The predicted octanol–water partition coefficient (Wildman–Crippen LogP) is 2.27. The van der Waals surface area contributed by atoms with E-state index in [1.807, 2.05) is 24.3 Å². The van der Waals surface area contributed by atoms with Gasteiger partial charge in [-0.2, -0.15) is 0 Å². The highest BCUT2D eigenvalue weighted by Crippen LogP contribution is 2.39. The third kappa shape index (κ3) is 4.10. The van der Waals surface area contributed by atoms with Crippen LogP contribution >= 0.6 is 0 Å². The van der Waals surface area contributed by atoms with Crippen molar-refractivity contribution in [3.05, 3.63) is 29.8 Å². The number of aliphatic hydroxyl groups is 1. The number of nitrogens with zero attached hydrogens (tertiary/aromatic N) is 1. The standard InChI is InChI=1S/C21H30N2O4/c1-23-18(25)10-9-17(19(23)15-5-7-16(27-2)8-6-15)20(26)22-13-21(14-24)11-3-4-12-21/h5-8,17,19,24H,3-4,9-14H2,1-2H3,(H,22,26). The maximum atomic E-state index is 13.0. The van der Waals surface area contributed by atoms with Gasteiger partial charge in [0.2, 0.25) is 11.8 Å². The van der Waals surface area contributed by atoms with Crippen LogP contribution in [0.25, 0.3) is 0 Å². The Labute approximate surface area is 160 Å². The molecule has 1 aliphatic heterocycles. The van der Waals surface area contributed by atoms with Crippen LogP contribution in [-0.2, 0) is 9.59 Å². The van der Waals surface area contributed by atoms with Gasteiger partial charge in [-0.15, -0.1) is 0 Å². The van der Waals surface area contributed by atoms with Crippen molar-refractivity contribution in [1.29, 1.82) is 0 Å². The van der Waals surface area contributed by atoms with E-state index in [9.17, 15) is 14.7 Å². The van der Waals surface area contributed by atoms with E-state index in [-0.39, 0.29) is 35.8 Å². The molecule has 0 radical (unpaired) electrons. The monoisotopic (exact) mass is 374 g/mol. The Kier molecular flexibility index (Phi) is 6.05. The summed E-state index contributed by atoms with van der Waals surface area (Å²) in [4.78, 5) is 27.0. The Morgan fingerprint density at radius 1 is 1.30 bits per heavy atom. The molecule has 0 spiro atoms. The number of nitrogens with one attached hydrogen (secondary N) is 1. The molecule has 3 rings (SSSR count). The van der Waals surface area contributed by atoms with E-state index in [4.69, 9.17) is 4.74 Å². The van der Waals surface area contributed by atoms with Crippen molar-refractivity contribution >= 4 is 11.8 Å². The second-order valence-corrected chi connectivity index (χ2v) is 7.95. The van der Waals surface area contributed by atoms with Crippen LogP contribution in [-0.4, -0.2) is 49.1 Å². The largest absolute Gasteiger partial charge is 0.497 e. The Morgan fingerprint density at radius 3 is 2.56 bits per heavy atom. The minimum absolute atomic E-state index is 0.0325. The van der Waals surface area contributed by atoms with E-state index in [1.165, 1.54) is 0 Å². The van der Waals surface area contributed by atoms with E-state index >= 15 is 0 Å². The number of rotatable bonds is 6. The fourth-order valence-corrected chi connectivity index (χ4v) is 4.49. The van der Waals surface area contributed by atoms with E-state index in [0.29, 0.717) is 19.4 Å². The van der Waals surface area contributed by atoms with Gasteiger partial charge in [-0.1, -0.05) is 25.0 Å². The summed E-state index contributed by atoms with van der Waals surface area (Å²) < 4.78 is 5.21. The molecule has 1 heterocycles. The number of amides is 2. The average molecular weight is 374 g/mol. The number of benzene rings is 1. The molecule has 0 bridgehead atoms. The Bertz CT molecular complexity index is 667. The zero-order chi connectivity index (χ0) is 19.4. The van der Waals surface area contributed by atoms with Gasteiger partial charge in [0.1, 0.15) is 5.75 Å². The third-order valence-corrected chi connectivity index (χ3v) is 6.29. The maximum absolute atomic E-state index is 13.0. The van der Waals surface area contributed by atoms with Crippen molar-refractivity contribution in [2.75, 3.05) is 27.3 Å². The summed E-state index contributed by atoms with van der Waals surface area (Å²) in [7, 11) is 3.38. The predicted molar refractivity (Wildman–Crippen MR) is 102 cm³/mol. The number of methoxy groups -OCH3 is 1. The van der Waals surface area contributed by atoms with Gasteiger partial charge in [-0.05, 0) is 37.0 Å². The summed E-state index contributed by atoms with van der Waals surface area (Å²) in [5.41, 5.74) is 0.756. The lowest BCUT2D eigenvalue weighted by Gasteiger charge is -2.39. The minimum atomic E-state index is -0.293. The first-order valence-corrected chi connectivity index (χ1v) is 9.78. The zero-order valence-corrected chi connectivity index (χ0v) is 16.2. The number of likely N-dealkylation sites (tertiary alicyclic amines) is 1. The first-order valence-electron chi connectivity index (χ1n) is 9.78. The molecule has 6 nitrogen and oxygen atoms in total. The van der Waals surface area contributed by atoms with Crippen LogP contribution in [0, 0.1) is 11.3 Å². The number of carbonyl (C=O) groups excluding carboxylic acids is 2. The molecule has 2 unspecified atom stereocenters. The van der Waals surface area contributed by atoms with Crippen molar-refractivity contribution in [3.8, 4) is 5.75 Å². The van der Waals surface area contributed by atoms with Crippen LogP contribution in [0.3, 0.4) is 0 Å². The van der Waals surface area contributed by atoms with Gasteiger partial charge in [0, 0.05) is 25.4 Å². The van der Waals surface area contributed by atoms with Crippen molar-refractivity contribution < 1.29 is 19.4 Å². The van der Waals surface area contributed by atoms with Gasteiger partial charge >= 0.3 is 0 Å². The Balaban J connectivity index is 1.76. The fourth-order valence-electron chi connectivity index (χ4n) is 4.49. The molecule has 2 aliphatic rings. The van der Waals surface area contributed by atoms with Crippen molar-refractivity contribution in [3.63, 3.8) is 0 Å². The van der Waals surface area contributed by atoms with Crippen LogP contribution < -0.4 is 10.1 Å². The number of hydrogen-bond acceptors (Lipinski definition) is 4. The number of aliphatic hydroxyl groups excluding tert-OH is 1. The number of carbonyl (C=O) groups is 2. The molecule has 148 valence electrons. The maximum Gasteiger partial charge on any atom is 0.225 e. The van der Waals surface area contributed by atoms with Crippen LogP contribution in [0.15, 0.2) is 24.3 Å². The summed E-state index contributed by atoms with van der Waals surface area (Å²) in [5.74, 6) is 0.478. The highest BCUT2D eigenvalue weighted by Gasteiger charge is 2.40. The Hall–Kier alpha value is -2.08. The third-order valence-electron chi connectivity index (χ3n) is 6.29. The number of piperidine rings is 1. The summed E-state index contributed by atoms with van der Waals surface area (Å²) in [5, 5.41) is 12.9. The molecule has 6 heteroatoms. The molecule has 2 amide bonds. The van der Waals surface area contributed by atoms with Gasteiger partial charge in [0.05, 0.1) is 25.7 Å². The first-order chi connectivity index (χ1) is 13.0. The topological polar surface area (TPSA) is 78.9 Å². The average Bonchev–Trinajstić information content (AvgIpc) is 3.18. The summed E-state index contributed by atoms with van der Waals surface area (Å²) >= 11 is 0. The summed E-state index contributed by atoms with van der Waals surface area (Å²) in [6.07, 6.45) is 5.03. The molecule has 1 saturated heterocycles. The summed E-state index contributed by atoms with van der Waals surface area (Å²) in [6.45, 7) is 0.615. The molecular formula is C21H30N2O4. The number of ether oxygens (including phenoxy) is 1. The molecule has 1 aliphatic carbocycles. The van der Waals surface area contributed by atoms with Crippen LogP contribution in [0.4, 0.5) is 0 Å². The van der Waals surface area contributed by atoms with E-state index in [1.54, 1.807) is 19.1 Å². The highest BCUT2D eigenvalue weighted by atomic mass is 16.5. The quantitative estimate of drug-likeness (QED) is 0.801. The molecule has 27 heavy (non-hydrogen) atoms. The number of hydrogen-bond donors (Lipinski definition) is 2. The van der Waals surface area contributed by atoms with Gasteiger partial charge < -0.3 is 20.1 Å². The molecule has 2 fully saturated rings. The molecule has 1 aromatic rings. The second kappa shape index (κ2) is 8.30. The molecule has 1 saturated carbocycles. The lowest BCUT2D eigenvalue weighted by Crippen LogP contribution is -2.48. The Morgan fingerprint density at radius 2 is 1.96 bits per heavy atom. The lowest BCUT2D eigenvalue weighted by atomic mass is 9.83. The van der Waals surface area contributed by atoms with E-state index in [0.717, 1.165) is 37.0 Å². The smallest absolute Gasteiger partial charge is 0.225 e. The van der Waals surface area contributed by atoms with Crippen molar-refractivity contribution in [2.45, 2.75) is 44.6 Å². The van der Waals surface area contributed by atoms with Crippen molar-refractivity contribution in [1.82, 2.24) is 10.2 Å². The highest BCUT2D eigenvalue weighted by molar-refractivity contribution is 5.85. The van der Waals surface area contributed by atoms with Crippen molar-refractivity contribution in [2.24, 2.45) is 11.3 Å². The van der Waals surface area contributed by atoms with Gasteiger partial charge in [-0.3, -0.25) is 9.59 Å². The van der Waals surface area contributed by atoms with Crippen LogP contribution in [0.5, 0.6) is 5.75 Å². The van der Waals surface area contributed by atoms with Gasteiger partial charge in [-0.25, -0.2) is 0 Å². The fraction of sp³-hybridized carbons (Fsp3) is 0.619. The van der Waals surface area contributed by atoms with Gasteiger partial charge in [0.25, 0.3) is 0 Å². The van der Waals surface area contributed by atoms with E-state index in [2.05, 4.69) is 5.32 Å². The second-order valence-electron chi connectivity index (χ2n) is 7.95. The molecule has 0 aromatic heterocycles. The molecule has 2 atom stereocenters. The summed E-state index contributed by atoms with van der Waals surface area (Å²) in [6, 6.07) is 7.27. The molecule has 2 N–H and O–H groups in total. The minimum Gasteiger partial charge on any atom is -0.497 e. The van der Waals surface area contributed by atoms with E-state index < -0.39 is 0 Å². The SMILES string of the molecule is COc1ccc(C2C(C(=O)NCC3(CO)CCCC3)CCC(=O)N2C)cc1. The van der Waals surface area contributed by atoms with Crippen LogP contribution in [0.2, 0.25) is 0 Å². The normalized spacial score (nSPS) is 24.7. The van der Waals surface area contributed by atoms with Crippen LogP contribution in [0.1, 0.15) is 50.1 Å². The van der Waals surface area contributed by atoms with Gasteiger partial charge in [0.15, 0.2) is 0 Å². The molecular weight excluding hydrogens is 344 g/mol. The lowest BCUT2D eigenvalue weighted by molar-refractivity contribution is -0.141. The first kappa shape index (κ1) is 19.7. The molecule has 1 aromatic carbocycles. The zero-order valence-electron chi connectivity index (χ0n) is 16.2.